The third-order valence-corrected chi connectivity index (χ3v) is 4.71. The van der Waals surface area contributed by atoms with Crippen LogP contribution in [0.4, 0.5) is 0 Å². The van der Waals surface area contributed by atoms with Gasteiger partial charge in [-0.3, -0.25) is 0 Å². The van der Waals surface area contributed by atoms with Crippen LogP contribution in [0.3, 0.4) is 0 Å². The van der Waals surface area contributed by atoms with Gasteiger partial charge in [0.15, 0.2) is 5.75 Å². The predicted octanol–water partition coefficient (Wildman–Crippen LogP) is 4.72. The molecule has 0 fully saturated rings. The van der Waals surface area contributed by atoms with Gasteiger partial charge in [0, 0.05) is 11.6 Å². The van der Waals surface area contributed by atoms with Gasteiger partial charge in [-0.15, -0.1) is 4.40 Å². The smallest absolute Gasteiger partial charge is 0.428 e. The lowest BCUT2D eigenvalue weighted by molar-refractivity contribution is 0.462. The maximum Gasteiger partial charge on any atom is 0.428 e. The van der Waals surface area contributed by atoms with E-state index in [1.54, 1.807) is 43.3 Å². The van der Waals surface area contributed by atoms with E-state index in [1.165, 1.54) is 6.07 Å². The van der Waals surface area contributed by atoms with Crippen LogP contribution in [0.1, 0.15) is 12.5 Å². The number of rotatable bonds is 4. The third kappa shape index (κ3) is 3.93. The molecule has 0 amide bonds. The minimum absolute atomic E-state index is 0.198. The van der Waals surface area contributed by atoms with Crippen LogP contribution in [0.2, 0.25) is 0 Å². The van der Waals surface area contributed by atoms with Crippen molar-refractivity contribution in [1.29, 1.82) is 0 Å². The lowest BCUT2D eigenvalue weighted by Gasteiger charge is -2.16. The van der Waals surface area contributed by atoms with Gasteiger partial charge in [-0.2, -0.15) is 8.42 Å². The quantitative estimate of drug-likeness (QED) is 0.654. The Morgan fingerprint density at radius 2 is 1.33 bits per heavy atom. The Morgan fingerprint density at radius 1 is 0.778 bits per heavy atom. The molecule has 0 bridgehead atoms. The first-order chi connectivity index (χ1) is 13.0. The van der Waals surface area contributed by atoms with Crippen LogP contribution in [0.5, 0.6) is 28.7 Å². The van der Waals surface area contributed by atoms with Crippen molar-refractivity contribution < 1.29 is 22.1 Å². The number of para-hydroxylation sites is 1. The summed E-state index contributed by atoms with van der Waals surface area (Å²) in [6.45, 7) is 1.62. The lowest BCUT2D eigenvalue weighted by Crippen LogP contribution is -2.16. The van der Waals surface area contributed by atoms with Gasteiger partial charge in [0.2, 0.25) is 0 Å². The molecule has 0 aliphatic carbocycles. The molecule has 0 N–H and O–H groups in total. The standard InChI is InChI=1S/C20H15NO5S/c1-14-19-12-11-18(13-20(19)26-27(22,23)21-14)25-17-9-7-16(8-10-17)24-15-5-3-2-4-6-15/h2-13H,1H3. The van der Waals surface area contributed by atoms with Gasteiger partial charge < -0.3 is 13.7 Å². The summed E-state index contributed by atoms with van der Waals surface area (Å²) >= 11 is 0. The fraction of sp³-hybridized carbons (Fsp3) is 0.0500. The predicted molar refractivity (Wildman–Crippen MR) is 101 cm³/mol. The molecule has 0 aromatic heterocycles. The van der Waals surface area contributed by atoms with E-state index in [9.17, 15) is 8.42 Å². The number of nitrogens with zero attached hydrogens (tertiary/aromatic N) is 1. The van der Waals surface area contributed by atoms with E-state index >= 15 is 0 Å². The van der Waals surface area contributed by atoms with Crippen LogP contribution in [0.25, 0.3) is 0 Å². The van der Waals surface area contributed by atoms with E-state index in [-0.39, 0.29) is 5.75 Å². The van der Waals surface area contributed by atoms with Crippen molar-refractivity contribution in [3.05, 3.63) is 78.4 Å². The summed E-state index contributed by atoms with van der Waals surface area (Å²) in [7, 11) is -3.95. The summed E-state index contributed by atoms with van der Waals surface area (Å²) in [4.78, 5) is 0. The van der Waals surface area contributed by atoms with Gasteiger partial charge in [-0.05, 0) is 55.5 Å². The second-order valence-electron chi connectivity index (χ2n) is 5.83. The summed E-state index contributed by atoms with van der Waals surface area (Å²) in [5.74, 6) is 2.66. The molecule has 1 aliphatic heterocycles. The van der Waals surface area contributed by atoms with Crippen molar-refractivity contribution in [3.63, 3.8) is 0 Å². The zero-order chi connectivity index (χ0) is 18.9. The highest BCUT2D eigenvalue weighted by Crippen LogP contribution is 2.33. The normalized spacial score (nSPS) is 14.5. The number of benzene rings is 3. The molecule has 0 atom stereocenters. The largest absolute Gasteiger partial charge is 0.457 e. The Morgan fingerprint density at radius 3 is 2.00 bits per heavy atom. The van der Waals surface area contributed by atoms with Crippen LogP contribution in [-0.4, -0.2) is 14.1 Å². The summed E-state index contributed by atoms with van der Waals surface area (Å²) in [5.41, 5.74) is 0.994. The second kappa shape index (κ2) is 6.77. The van der Waals surface area contributed by atoms with E-state index in [0.717, 1.165) is 5.75 Å². The van der Waals surface area contributed by atoms with Crippen LogP contribution in [0, 0.1) is 0 Å². The molecular weight excluding hydrogens is 366 g/mol. The number of ether oxygens (including phenoxy) is 2. The minimum Gasteiger partial charge on any atom is -0.457 e. The zero-order valence-corrected chi connectivity index (χ0v) is 15.1. The number of hydrogen-bond acceptors (Lipinski definition) is 5. The molecule has 1 aliphatic rings. The fourth-order valence-corrected chi connectivity index (χ4v) is 3.46. The third-order valence-electron chi connectivity index (χ3n) is 3.83. The van der Waals surface area contributed by atoms with Crippen LogP contribution in [-0.2, 0) is 10.3 Å². The van der Waals surface area contributed by atoms with Crippen molar-refractivity contribution in [1.82, 2.24) is 0 Å². The monoisotopic (exact) mass is 381 g/mol. The van der Waals surface area contributed by atoms with Crippen LogP contribution in [0.15, 0.2) is 77.2 Å². The summed E-state index contributed by atoms with van der Waals surface area (Å²) in [6, 6.07) is 21.5. The first-order valence-corrected chi connectivity index (χ1v) is 9.51. The van der Waals surface area contributed by atoms with E-state index < -0.39 is 10.3 Å². The SMILES string of the molecule is CC1=NS(=O)(=O)Oc2cc(Oc3ccc(Oc4ccccc4)cc3)ccc21. The molecule has 3 aromatic carbocycles. The number of fused-ring (bicyclic) bond motifs is 1. The molecule has 0 unspecified atom stereocenters. The summed E-state index contributed by atoms with van der Waals surface area (Å²) in [6.07, 6.45) is 0. The zero-order valence-electron chi connectivity index (χ0n) is 14.3. The molecule has 7 heteroatoms. The molecule has 4 rings (SSSR count). The van der Waals surface area contributed by atoms with E-state index in [0.29, 0.717) is 28.5 Å². The average Bonchev–Trinajstić information content (AvgIpc) is 2.63. The molecule has 0 saturated carbocycles. The Hall–Kier alpha value is -3.32. The molecule has 1 heterocycles. The second-order valence-corrected chi connectivity index (χ2v) is 7.04. The molecule has 0 radical (unpaired) electrons. The maximum atomic E-state index is 11.6. The molecule has 27 heavy (non-hydrogen) atoms. The van der Waals surface area contributed by atoms with Gasteiger partial charge in [0.25, 0.3) is 0 Å². The highest BCUT2D eigenvalue weighted by Gasteiger charge is 2.23. The topological polar surface area (TPSA) is 74.2 Å². The molecule has 3 aromatic rings. The van der Waals surface area contributed by atoms with Crippen LogP contribution >= 0.6 is 0 Å². The molecular formula is C20H15NO5S. The van der Waals surface area contributed by atoms with Gasteiger partial charge in [0.05, 0.1) is 5.71 Å². The van der Waals surface area contributed by atoms with Crippen LogP contribution < -0.4 is 13.7 Å². The van der Waals surface area contributed by atoms with E-state index in [1.807, 2.05) is 30.3 Å². The molecule has 6 nitrogen and oxygen atoms in total. The summed E-state index contributed by atoms with van der Waals surface area (Å²) < 4.78 is 43.2. The molecule has 0 saturated heterocycles. The van der Waals surface area contributed by atoms with E-state index in [2.05, 4.69) is 4.40 Å². The Bertz CT molecular complexity index is 1110. The lowest BCUT2D eigenvalue weighted by atomic mass is 10.1. The van der Waals surface area contributed by atoms with Crippen molar-refractivity contribution in [2.75, 3.05) is 0 Å². The Labute approximate surface area is 156 Å². The first kappa shape index (κ1) is 17.1. The van der Waals surface area contributed by atoms with Crippen molar-refractivity contribution in [3.8, 4) is 28.7 Å². The van der Waals surface area contributed by atoms with Crippen molar-refractivity contribution in [2.24, 2.45) is 4.40 Å². The fourth-order valence-electron chi connectivity index (χ4n) is 2.62. The first-order valence-electron chi connectivity index (χ1n) is 8.15. The highest BCUT2D eigenvalue weighted by molar-refractivity contribution is 7.86. The maximum absolute atomic E-state index is 11.6. The molecule has 0 spiro atoms. The van der Waals surface area contributed by atoms with Gasteiger partial charge in [0.1, 0.15) is 23.0 Å². The Balaban J connectivity index is 1.51. The van der Waals surface area contributed by atoms with Crippen molar-refractivity contribution >= 4 is 16.0 Å². The minimum atomic E-state index is -3.95. The summed E-state index contributed by atoms with van der Waals surface area (Å²) in [5, 5.41) is 0. The number of hydrogen-bond donors (Lipinski definition) is 0. The average molecular weight is 381 g/mol. The van der Waals surface area contributed by atoms with E-state index in [4.69, 9.17) is 13.7 Å². The van der Waals surface area contributed by atoms with Gasteiger partial charge >= 0.3 is 10.3 Å². The Kier molecular flexibility index (Phi) is 4.29. The highest BCUT2D eigenvalue weighted by atomic mass is 32.2. The molecule has 136 valence electrons. The van der Waals surface area contributed by atoms with Crippen molar-refractivity contribution in [2.45, 2.75) is 6.92 Å². The van der Waals surface area contributed by atoms with Gasteiger partial charge in [-0.1, -0.05) is 18.2 Å². The van der Waals surface area contributed by atoms with Gasteiger partial charge in [-0.25, -0.2) is 0 Å².